The molecule has 2 aliphatic heterocycles. The Morgan fingerprint density at radius 3 is 2.88 bits per heavy atom. The summed E-state index contributed by atoms with van der Waals surface area (Å²) in [5.41, 5.74) is 2.13. The quantitative estimate of drug-likeness (QED) is 0.857. The number of piperidine rings is 1. The van der Waals surface area contributed by atoms with Crippen molar-refractivity contribution in [3.63, 3.8) is 0 Å². The van der Waals surface area contributed by atoms with Crippen molar-refractivity contribution in [3.05, 3.63) is 46.2 Å². The summed E-state index contributed by atoms with van der Waals surface area (Å²) in [6.07, 6.45) is 4.50. The van der Waals surface area contributed by atoms with E-state index in [2.05, 4.69) is 31.2 Å². The van der Waals surface area contributed by atoms with E-state index >= 15 is 0 Å². The van der Waals surface area contributed by atoms with Gasteiger partial charge in [0.05, 0.1) is 22.9 Å². The summed E-state index contributed by atoms with van der Waals surface area (Å²) >= 11 is 1.65. The number of hydrogen-bond donors (Lipinski definition) is 0. The first-order valence-corrected chi connectivity index (χ1v) is 9.43. The van der Waals surface area contributed by atoms with Crippen LogP contribution in [0.5, 0.6) is 0 Å². The number of fused-ring (bicyclic) bond motifs is 1. The molecular weight excluding hydrogens is 320 g/mol. The number of thiazole rings is 1. The van der Waals surface area contributed by atoms with Crippen molar-refractivity contribution < 1.29 is 4.79 Å². The van der Waals surface area contributed by atoms with Crippen molar-refractivity contribution in [2.24, 2.45) is 0 Å². The Bertz CT molecular complexity index is 717. The Morgan fingerprint density at radius 1 is 1.21 bits per heavy atom. The fourth-order valence-corrected chi connectivity index (χ4v) is 4.60. The molecule has 6 heteroatoms. The fraction of sp³-hybridized carbons (Fsp3) is 0.500. The average molecular weight is 342 g/mol. The number of rotatable bonds is 4. The minimum Gasteiger partial charge on any atom is -0.332 e. The van der Waals surface area contributed by atoms with Crippen LogP contribution >= 0.6 is 11.3 Å². The molecule has 2 saturated heterocycles. The van der Waals surface area contributed by atoms with Gasteiger partial charge in [0.1, 0.15) is 0 Å². The van der Waals surface area contributed by atoms with Crippen molar-refractivity contribution in [2.45, 2.75) is 51.4 Å². The van der Waals surface area contributed by atoms with Crippen LogP contribution in [0, 0.1) is 6.92 Å². The van der Waals surface area contributed by atoms with Crippen molar-refractivity contribution in [1.29, 1.82) is 0 Å². The zero-order valence-corrected chi connectivity index (χ0v) is 14.7. The predicted molar refractivity (Wildman–Crippen MR) is 93.5 cm³/mol. The molecule has 2 aliphatic rings. The van der Waals surface area contributed by atoms with E-state index in [4.69, 9.17) is 0 Å². The molecule has 2 atom stereocenters. The van der Waals surface area contributed by atoms with Crippen molar-refractivity contribution >= 4 is 17.2 Å². The lowest BCUT2D eigenvalue weighted by Crippen LogP contribution is -2.51. The maximum atomic E-state index is 12.5. The summed E-state index contributed by atoms with van der Waals surface area (Å²) in [5, 5.41) is 3.14. The van der Waals surface area contributed by atoms with E-state index in [9.17, 15) is 4.79 Å². The van der Waals surface area contributed by atoms with E-state index in [-0.39, 0.29) is 5.91 Å². The predicted octanol–water partition coefficient (Wildman–Crippen LogP) is 2.61. The van der Waals surface area contributed by atoms with E-state index in [1.807, 2.05) is 25.3 Å². The summed E-state index contributed by atoms with van der Waals surface area (Å²) in [6, 6.07) is 6.84. The van der Waals surface area contributed by atoms with Gasteiger partial charge in [-0.2, -0.15) is 0 Å². The standard InChI is InChI=1S/C18H22N4OS/c1-13-20-15(12-24-13)11-22-17-7-9-21(16(17)5-6-18(22)23)10-14-4-2-3-8-19-14/h2-4,8,12,16-17H,5-7,9-11H2,1H3/t16-,17-/m1/s1. The van der Waals surface area contributed by atoms with Crippen LogP contribution in [0.15, 0.2) is 29.8 Å². The van der Waals surface area contributed by atoms with E-state index in [0.717, 1.165) is 42.3 Å². The molecule has 1 amide bonds. The SMILES string of the molecule is Cc1nc(CN2C(=O)CC[C@@H]3[C@H]2CCN3Cc2ccccn2)cs1. The third kappa shape index (κ3) is 3.08. The zero-order valence-electron chi connectivity index (χ0n) is 13.9. The highest BCUT2D eigenvalue weighted by molar-refractivity contribution is 7.09. The Morgan fingerprint density at radius 2 is 2.12 bits per heavy atom. The fourth-order valence-electron chi connectivity index (χ4n) is 3.99. The van der Waals surface area contributed by atoms with Gasteiger partial charge in [-0.15, -0.1) is 11.3 Å². The number of nitrogens with zero attached hydrogens (tertiary/aromatic N) is 4. The van der Waals surface area contributed by atoms with Gasteiger partial charge in [0.2, 0.25) is 5.91 Å². The second-order valence-corrected chi connectivity index (χ2v) is 7.70. The van der Waals surface area contributed by atoms with Gasteiger partial charge in [-0.25, -0.2) is 4.98 Å². The first-order chi connectivity index (χ1) is 11.7. The molecular formula is C18H22N4OS. The minimum absolute atomic E-state index is 0.279. The normalized spacial score (nSPS) is 24.4. The van der Waals surface area contributed by atoms with Crippen LogP contribution in [0.25, 0.3) is 0 Å². The number of carbonyl (C=O) groups is 1. The highest BCUT2D eigenvalue weighted by Crippen LogP contribution is 2.33. The number of pyridine rings is 1. The molecule has 0 aliphatic carbocycles. The van der Waals surface area contributed by atoms with Crippen LogP contribution in [-0.4, -0.2) is 44.3 Å². The van der Waals surface area contributed by atoms with Crippen LogP contribution in [0.4, 0.5) is 0 Å². The van der Waals surface area contributed by atoms with Gasteiger partial charge in [0.25, 0.3) is 0 Å². The van der Waals surface area contributed by atoms with Crippen LogP contribution in [0.2, 0.25) is 0 Å². The second kappa shape index (κ2) is 6.61. The summed E-state index contributed by atoms with van der Waals surface area (Å²) in [7, 11) is 0. The van der Waals surface area contributed by atoms with Gasteiger partial charge in [0.15, 0.2) is 0 Å². The third-order valence-corrected chi connectivity index (χ3v) is 5.91. The lowest BCUT2D eigenvalue weighted by Gasteiger charge is -2.39. The van der Waals surface area contributed by atoms with Crippen molar-refractivity contribution in [2.75, 3.05) is 6.54 Å². The second-order valence-electron chi connectivity index (χ2n) is 6.63. The molecule has 2 aromatic rings. The third-order valence-electron chi connectivity index (χ3n) is 5.09. The molecule has 0 bridgehead atoms. The van der Waals surface area contributed by atoms with Gasteiger partial charge in [0, 0.05) is 43.2 Å². The molecule has 0 spiro atoms. The first-order valence-electron chi connectivity index (χ1n) is 8.55. The Labute approximate surface area is 146 Å². The number of carbonyl (C=O) groups excluding carboxylic acids is 1. The maximum Gasteiger partial charge on any atom is 0.223 e. The average Bonchev–Trinajstić information content (AvgIpc) is 3.18. The Balaban J connectivity index is 1.48. The molecule has 5 nitrogen and oxygen atoms in total. The van der Waals surface area contributed by atoms with Crippen LogP contribution < -0.4 is 0 Å². The molecule has 2 fully saturated rings. The van der Waals surface area contributed by atoms with Gasteiger partial charge < -0.3 is 4.90 Å². The van der Waals surface area contributed by atoms with Crippen molar-refractivity contribution in [1.82, 2.24) is 19.8 Å². The van der Waals surface area contributed by atoms with Crippen LogP contribution in [0.3, 0.4) is 0 Å². The van der Waals surface area contributed by atoms with E-state index in [1.54, 1.807) is 11.3 Å². The molecule has 4 rings (SSSR count). The largest absolute Gasteiger partial charge is 0.332 e. The number of aromatic nitrogens is 2. The molecule has 24 heavy (non-hydrogen) atoms. The molecule has 0 unspecified atom stereocenters. The minimum atomic E-state index is 0.279. The lowest BCUT2D eigenvalue weighted by atomic mass is 9.96. The topological polar surface area (TPSA) is 49.3 Å². The van der Waals surface area contributed by atoms with E-state index < -0.39 is 0 Å². The van der Waals surface area contributed by atoms with Gasteiger partial charge in [-0.05, 0) is 31.9 Å². The smallest absolute Gasteiger partial charge is 0.223 e. The number of likely N-dealkylation sites (tertiary alicyclic amines) is 2. The molecule has 0 saturated carbocycles. The maximum absolute atomic E-state index is 12.5. The highest BCUT2D eigenvalue weighted by atomic mass is 32.1. The molecule has 2 aromatic heterocycles. The number of amides is 1. The molecule has 0 radical (unpaired) electrons. The summed E-state index contributed by atoms with van der Waals surface area (Å²) in [6.45, 7) is 4.58. The molecule has 0 N–H and O–H groups in total. The Hall–Kier alpha value is -1.79. The van der Waals surface area contributed by atoms with E-state index in [0.29, 0.717) is 25.0 Å². The van der Waals surface area contributed by atoms with Crippen LogP contribution in [0.1, 0.15) is 35.7 Å². The Kier molecular flexibility index (Phi) is 4.33. The molecule has 0 aromatic carbocycles. The summed E-state index contributed by atoms with van der Waals surface area (Å²) < 4.78 is 0. The zero-order chi connectivity index (χ0) is 16.5. The monoisotopic (exact) mass is 342 g/mol. The van der Waals surface area contributed by atoms with Gasteiger partial charge >= 0.3 is 0 Å². The van der Waals surface area contributed by atoms with E-state index in [1.165, 1.54) is 0 Å². The van der Waals surface area contributed by atoms with Crippen molar-refractivity contribution in [3.8, 4) is 0 Å². The highest BCUT2D eigenvalue weighted by Gasteiger charge is 2.43. The van der Waals surface area contributed by atoms with Gasteiger partial charge in [-0.3, -0.25) is 14.7 Å². The van der Waals surface area contributed by atoms with Gasteiger partial charge in [-0.1, -0.05) is 6.07 Å². The number of aryl methyl sites for hydroxylation is 1. The van der Waals surface area contributed by atoms with Crippen LogP contribution in [-0.2, 0) is 17.9 Å². The number of hydrogen-bond acceptors (Lipinski definition) is 5. The first kappa shape index (κ1) is 15.7. The summed E-state index contributed by atoms with van der Waals surface area (Å²) in [4.78, 5) is 26.0. The lowest BCUT2D eigenvalue weighted by molar-refractivity contribution is -0.138. The summed E-state index contributed by atoms with van der Waals surface area (Å²) in [5.74, 6) is 0.279. The molecule has 126 valence electrons. The molecule has 4 heterocycles.